The van der Waals surface area contributed by atoms with Crippen LogP contribution in [0.4, 0.5) is 10.2 Å². The number of benzene rings is 1. The van der Waals surface area contributed by atoms with Crippen molar-refractivity contribution in [1.29, 1.82) is 0 Å². The molecule has 5 heteroatoms. The van der Waals surface area contributed by atoms with Gasteiger partial charge in [-0.3, -0.25) is 0 Å². The summed E-state index contributed by atoms with van der Waals surface area (Å²) in [5, 5.41) is 3.37. The minimum Gasteiger partial charge on any atom is -0.484 e. The van der Waals surface area contributed by atoms with E-state index in [9.17, 15) is 4.39 Å². The molecular weight excluding hydrogens is 317 g/mol. The molecule has 0 unspecified atom stereocenters. The maximum absolute atomic E-state index is 13.6. The van der Waals surface area contributed by atoms with E-state index in [4.69, 9.17) is 9.72 Å². The topological polar surface area (TPSA) is 37.4 Å². The lowest BCUT2D eigenvalue weighted by molar-refractivity contribution is 0.176. The van der Waals surface area contributed by atoms with Gasteiger partial charge in [-0.2, -0.15) is 0 Å². The second-order valence-corrected chi connectivity index (χ2v) is 6.86. The number of aromatic nitrogens is 1. The number of pyridine rings is 1. The number of fused-ring (bicyclic) bond motifs is 1. The molecule has 1 aliphatic heterocycles. The molecule has 4 nitrogen and oxygen atoms in total. The molecule has 1 aromatic heterocycles. The highest BCUT2D eigenvalue weighted by Gasteiger charge is 2.25. The van der Waals surface area contributed by atoms with E-state index in [0.717, 1.165) is 62.5 Å². The van der Waals surface area contributed by atoms with Gasteiger partial charge in [0.05, 0.1) is 5.69 Å². The summed E-state index contributed by atoms with van der Waals surface area (Å²) in [4.78, 5) is 7.26. The SMILES string of the molecule is Cc1ccc(F)cc1O[C@H]1CCCc2ccc(N3CCNCC3)nc21. The van der Waals surface area contributed by atoms with Gasteiger partial charge >= 0.3 is 0 Å². The van der Waals surface area contributed by atoms with Gasteiger partial charge in [-0.05, 0) is 49.4 Å². The minimum absolute atomic E-state index is 0.105. The van der Waals surface area contributed by atoms with Crippen LogP contribution < -0.4 is 15.0 Å². The van der Waals surface area contributed by atoms with Gasteiger partial charge in [-0.15, -0.1) is 0 Å². The van der Waals surface area contributed by atoms with Gasteiger partial charge in [0.1, 0.15) is 23.5 Å². The van der Waals surface area contributed by atoms with Crippen molar-refractivity contribution in [3.8, 4) is 5.75 Å². The zero-order valence-electron chi connectivity index (χ0n) is 14.6. The third kappa shape index (κ3) is 3.47. The van der Waals surface area contributed by atoms with E-state index in [-0.39, 0.29) is 11.9 Å². The van der Waals surface area contributed by atoms with E-state index >= 15 is 0 Å². The predicted octanol–water partition coefficient (Wildman–Crippen LogP) is 3.40. The molecule has 2 aromatic rings. The second-order valence-electron chi connectivity index (χ2n) is 6.86. The molecule has 4 rings (SSSR count). The first-order valence-corrected chi connectivity index (χ1v) is 9.09. The van der Waals surface area contributed by atoms with Crippen molar-refractivity contribution in [2.24, 2.45) is 0 Å². The smallest absolute Gasteiger partial charge is 0.141 e. The summed E-state index contributed by atoms with van der Waals surface area (Å²) in [5.41, 5.74) is 3.22. The Kier molecular flexibility index (Phi) is 4.57. The van der Waals surface area contributed by atoms with Crippen LogP contribution in [0.5, 0.6) is 5.75 Å². The number of aryl methyl sites for hydroxylation is 2. The van der Waals surface area contributed by atoms with Crippen LogP contribution in [0.15, 0.2) is 30.3 Å². The first-order valence-electron chi connectivity index (χ1n) is 9.09. The zero-order valence-corrected chi connectivity index (χ0v) is 14.6. The number of hydrogen-bond donors (Lipinski definition) is 1. The number of nitrogens with zero attached hydrogens (tertiary/aromatic N) is 2. The molecule has 0 amide bonds. The highest BCUT2D eigenvalue weighted by molar-refractivity contribution is 5.44. The number of ether oxygens (including phenoxy) is 1. The first kappa shape index (κ1) is 16.3. The lowest BCUT2D eigenvalue weighted by atomic mass is 9.93. The fourth-order valence-corrected chi connectivity index (χ4v) is 3.64. The van der Waals surface area contributed by atoms with Gasteiger partial charge < -0.3 is 15.0 Å². The van der Waals surface area contributed by atoms with Crippen LogP contribution in [0.25, 0.3) is 0 Å². The Labute approximate surface area is 148 Å². The number of halogens is 1. The van der Waals surface area contributed by atoms with Crippen LogP contribution in [0.3, 0.4) is 0 Å². The molecule has 1 fully saturated rings. The maximum Gasteiger partial charge on any atom is 0.141 e. The summed E-state index contributed by atoms with van der Waals surface area (Å²) >= 11 is 0. The van der Waals surface area contributed by atoms with E-state index in [2.05, 4.69) is 22.3 Å². The quantitative estimate of drug-likeness (QED) is 0.928. The van der Waals surface area contributed by atoms with Crippen molar-refractivity contribution in [2.75, 3.05) is 31.1 Å². The minimum atomic E-state index is -0.265. The summed E-state index contributed by atoms with van der Waals surface area (Å²) in [6.45, 7) is 5.87. The average molecular weight is 341 g/mol. The number of hydrogen-bond acceptors (Lipinski definition) is 4. The Balaban J connectivity index is 1.62. The van der Waals surface area contributed by atoms with Crippen LogP contribution in [0.1, 0.15) is 35.8 Å². The van der Waals surface area contributed by atoms with E-state index in [1.54, 1.807) is 6.07 Å². The third-order valence-corrected chi connectivity index (χ3v) is 5.08. The van der Waals surface area contributed by atoms with Crippen molar-refractivity contribution in [2.45, 2.75) is 32.3 Å². The number of anilines is 1. The van der Waals surface area contributed by atoms with Crippen molar-refractivity contribution < 1.29 is 9.13 Å². The van der Waals surface area contributed by atoms with Gasteiger partial charge in [0, 0.05) is 32.2 Å². The molecule has 1 aromatic carbocycles. The fourth-order valence-electron chi connectivity index (χ4n) is 3.64. The van der Waals surface area contributed by atoms with Gasteiger partial charge in [-0.1, -0.05) is 12.1 Å². The lowest BCUT2D eigenvalue weighted by Crippen LogP contribution is -2.44. The van der Waals surface area contributed by atoms with Crippen LogP contribution >= 0.6 is 0 Å². The standard InChI is InChI=1S/C20H24FN3O/c1-14-5-7-16(21)13-18(14)25-17-4-2-3-15-6-8-19(23-20(15)17)24-11-9-22-10-12-24/h5-8,13,17,22H,2-4,9-12H2,1H3/t17-/m0/s1. The molecule has 0 spiro atoms. The van der Waals surface area contributed by atoms with Gasteiger partial charge in [0.25, 0.3) is 0 Å². The highest BCUT2D eigenvalue weighted by Crippen LogP contribution is 2.35. The number of piperazine rings is 1. The number of nitrogens with one attached hydrogen (secondary N) is 1. The van der Waals surface area contributed by atoms with E-state index in [1.165, 1.54) is 17.7 Å². The first-order chi connectivity index (χ1) is 12.2. The Morgan fingerprint density at radius 1 is 1.20 bits per heavy atom. The van der Waals surface area contributed by atoms with Crippen LogP contribution in [0.2, 0.25) is 0 Å². The Bertz CT molecular complexity index is 759. The fraction of sp³-hybridized carbons (Fsp3) is 0.450. The third-order valence-electron chi connectivity index (χ3n) is 5.08. The molecule has 1 atom stereocenters. The normalized spacial score (nSPS) is 20.2. The van der Waals surface area contributed by atoms with Gasteiger partial charge in [0.15, 0.2) is 0 Å². The largest absolute Gasteiger partial charge is 0.484 e. The Hall–Kier alpha value is -2.14. The van der Waals surface area contributed by atoms with Crippen molar-refractivity contribution in [3.63, 3.8) is 0 Å². The number of rotatable bonds is 3. The molecule has 132 valence electrons. The molecule has 1 N–H and O–H groups in total. The Morgan fingerprint density at radius 3 is 2.88 bits per heavy atom. The summed E-state index contributed by atoms with van der Waals surface area (Å²) in [5.74, 6) is 1.37. The van der Waals surface area contributed by atoms with Crippen molar-refractivity contribution in [1.82, 2.24) is 10.3 Å². The Morgan fingerprint density at radius 2 is 2.04 bits per heavy atom. The maximum atomic E-state index is 13.6. The van der Waals surface area contributed by atoms with Crippen molar-refractivity contribution >= 4 is 5.82 Å². The average Bonchev–Trinajstić information content (AvgIpc) is 2.65. The zero-order chi connectivity index (χ0) is 17.2. The summed E-state index contributed by atoms with van der Waals surface area (Å²) in [7, 11) is 0. The predicted molar refractivity (Wildman–Crippen MR) is 96.8 cm³/mol. The van der Waals surface area contributed by atoms with E-state index < -0.39 is 0 Å². The molecule has 0 bridgehead atoms. The van der Waals surface area contributed by atoms with Crippen LogP contribution in [0, 0.1) is 12.7 Å². The van der Waals surface area contributed by atoms with Gasteiger partial charge in [0.2, 0.25) is 0 Å². The molecule has 2 aliphatic rings. The lowest BCUT2D eigenvalue weighted by Gasteiger charge is -2.31. The monoisotopic (exact) mass is 341 g/mol. The van der Waals surface area contributed by atoms with Crippen LogP contribution in [-0.4, -0.2) is 31.2 Å². The second kappa shape index (κ2) is 7.00. The summed E-state index contributed by atoms with van der Waals surface area (Å²) < 4.78 is 19.8. The van der Waals surface area contributed by atoms with Crippen LogP contribution in [-0.2, 0) is 6.42 Å². The molecule has 2 heterocycles. The molecule has 0 radical (unpaired) electrons. The molecule has 25 heavy (non-hydrogen) atoms. The van der Waals surface area contributed by atoms with E-state index in [1.807, 2.05) is 6.92 Å². The molecular formula is C20H24FN3O. The van der Waals surface area contributed by atoms with Gasteiger partial charge in [-0.25, -0.2) is 9.37 Å². The molecule has 1 aliphatic carbocycles. The molecule has 0 saturated carbocycles. The highest BCUT2D eigenvalue weighted by atomic mass is 19.1. The molecule has 1 saturated heterocycles. The van der Waals surface area contributed by atoms with E-state index in [0.29, 0.717) is 5.75 Å². The summed E-state index contributed by atoms with van der Waals surface area (Å²) in [6.07, 6.45) is 2.92. The van der Waals surface area contributed by atoms with Crippen molar-refractivity contribution in [3.05, 3.63) is 53.0 Å². The summed E-state index contributed by atoms with van der Waals surface area (Å²) in [6, 6.07) is 9.02.